The molecule has 0 radical (unpaired) electrons. The fraction of sp³-hybridized carbons (Fsp3) is 0.417. The van der Waals surface area contributed by atoms with E-state index in [0.717, 1.165) is 0 Å². The number of carbonyl (C=O) groups excluding carboxylic acids is 1. The number of rotatable bonds is 3. The number of hydrogen-bond donors (Lipinski definition) is 1. The van der Waals surface area contributed by atoms with E-state index in [-0.39, 0.29) is 18.1 Å². The van der Waals surface area contributed by atoms with Gasteiger partial charge in [0, 0.05) is 23.4 Å². The topological polar surface area (TPSA) is 105 Å². The molecule has 1 aliphatic rings. The van der Waals surface area contributed by atoms with E-state index in [1.807, 2.05) is 0 Å². The predicted octanol–water partition coefficient (Wildman–Crippen LogP) is 0.558. The summed E-state index contributed by atoms with van der Waals surface area (Å²) >= 11 is 3.20. The van der Waals surface area contributed by atoms with Gasteiger partial charge in [0.25, 0.3) is 5.91 Å². The zero-order valence-corrected chi connectivity index (χ0v) is 13.3. The van der Waals surface area contributed by atoms with Crippen LogP contribution in [0.25, 0.3) is 0 Å². The third-order valence-electron chi connectivity index (χ3n) is 3.15. The Bertz CT molecular complexity index is 676. The highest BCUT2D eigenvalue weighted by atomic mass is 79.9. The monoisotopic (exact) mass is 376 g/mol. The van der Waals surface area contributed by atoms with Gasteiger partial charge in [-0.15, -0.1) is 0 Å². The van der Waals surface area contributed by atoms with E-state index < -0.39 is 34.2 Å². The first-order valence-corrected chi connectivity index (χ1v) is 8.74. The average Bonchev–Trinajstić information content (AvgIpc) is 2.36. The number of halogens is 1. The molecular weight excluding hydrogens is 364 g/mol. The Labute approximate surface area is 130 Å². The molecule has 1 amide bonds. The normalized spacial score (nSPS) is 21.0. The van der Waals surface area contributed by atoms with Gasteiger partial charge in [0.05, 0.1) is 29.5 Å². The molecule has 0 saturated carbocycles. The summed E-state index contributed by atoms with van der Waals surface area (Å²) in [6.45, 7) is -0.00831. The van der Waals surface area contributed by atoms with Gasteiger partial charge in [0.15, 0.2) is 9.84 Å². The standard InChI is InChI=1S/C12H13BrN2O5S/c13-9-3-8(5-14-6-9)12(18)15-1-2-21(19,20)7-10(15)4-11(16)17/h3,5-6,10H,1-2,4,7H2,(H,16,17). The van der Waals surface area contributed by atoms with Gasteiger partial charge in [0.1, 0.15) is 0 Å². The van der Waals surface area contributed by atoms with Crippen molar-refractivity contribution in [2.45, 2.75) is 12.5 Å². The summed E-state index contributed by atoms with van der Waals surface area (Å²) in [5.74, 6) is -2.03. The van der Waals surface area contributed by atoms with Crippen LogP contribution in [0.2, 0.25) is 0 Å². The van der Waals surface area contributed by atoms with E-state index >= 15 is 0 Å². The van der Waals surface area contributed by atoms with Gasteiger partial charge in [0.2, 0.25) is 0 Å². The summed E-state index contributed by atoms with van der Waals surface area (Å²) in [7, 11) is -3.32. The van der Waals surface area contributed by atoms with Crippen molar-refractivity contribution in [1.29, 1.82) is 0 Å². The third kappa shape index (κ3) is 4.01. The lowest BCUT2D eigenvalue weighted by molar-refractivity contribution is -0.138. The molecule has 0 spiro atoms. The van der Waals surface area contributed by atoms with Crippen LogP contribution in [0.3, 0.4) is 0 Å². The van der Waals surface area contributed by atoms with Gasteiger partial charge < -0.3 is 10.0 Å². The van der Waals surface area contributed by atoms with Crippen molar-refractivity contribution < 1.29 is 23.1 Å². The van der Waals surface area contributed by atoms with Crippen molar-refractivity contribution in [1.82, 2.24) is 9.88 Å². The molecule has 1 atom stereocenters. The molecule has 21 heavy (non-hydrogen) atoms. The number of aliphatic carboxylic acids is 1. The Morgan fingerprint density at radius 3 is 2.76 bits per heavy atom. The summed E-state index contributed by atoms with van der Waals surface area (Å²) < 4.78 is 23.9. The van der Waals surface area contributed by atoms with Gasteiger partial charge in [-0.05, 0) is 22.0 Å². The minimum atomic E-state index is -3.32. The van der Waals surface area contributed by atoms with E-state index in [1.165, 1.54) is 17.3 Å². The van der Waals surface area contributed by atoms with Gasteiger partial charge >= 0.3 is 5.97 Å². The fourth-order valence-corrected chi connectivity index (χ4v) is 4.11. The lowest BCUT2D eigenvalue weighted by Gasteiger charge is -2.34. The zero-order valence-electron chi connectivity index (χ0n) is 10.9. The van der Waals surface area contributed by atoms with Crippen molar-refractivity contribution in [2.24, 2.45) is 0 Å². The molecule has 0 aromatic carbocycles. The van der Waals surface area contributed by atoms with Gasteiger partial charge in [-0.25, -0.2) is 8.42 Å². The van der Waals surface area contributed by atoms with Crippen LogP contribution >= 0.6 is 15.9 Å². The molecule has 1 aliphatic heterocycles. The van der Waals surface area contributed by atoms with Crippen LogP contribution in [-0.2, 0) is 14.6 Å². The summed E-state index contributed by atoms with van der Waals surface area (Å²) in [5.41, 5.74) is 0.291. The van der Waals surface area contributed by atoms with Gasteiger partial charge in [-0.3, -0.25) is 14.6 Å². The molecule has 9 heteroatoms. The van der Waals surface area contributed by atoms with Crippen molar-refractivity contribution in [2.75, 3.05) is 18.1 Å². The molecule has 1 aromatic rings. The highest BCUT2D eigenvalue weighted by Crippen LogP contribution is 2.19. The number of carbonyl (C=O) groups is 2. The molecule has 0 aliphatic carbocycles. The van der Waals surface area contributed by atoms with Gasteiger partial charge in [-0.2, -0.15) is 0 Å². The Morgan fingerprint density at radius 2 is 2.14 bits per heavy atom. The first kappa shape index (κ1) is 15.9. The molecule has 1 fully saturated rings. The highest BCUT2D eigenvalue weighted by molar-refractivity contribution is 9.10. The molecule has 1 N–H and O–H groups in total. The summed E-state index contributed by atoms with van der Waals surface area (Å²) in [5, 5.41) is 8.90. The van der Waals surface area contributed by atoms with E-state index in [9.17, 15) is 18.0 Å². The van der Waals surface area contributed by atoms with Crippen LogP contribution in [0, 0.1) is 0 Å². The molecule has 1 aromatic heterocycles. The largest absolute Gasteiger partial charge is 0.481 e. The number of carboxylic acid groups (broad SMARTS) is 1. The molecule has 2 heterocycles. The molecule has 0 bridgehead atoms. The predicted molar refractivity (Wildman–Crippen MR) is 77.7 cm³/mol. The lowest BCUT2D eigenvalue weighted by Crippen LogP contribution is -2.52. The SMILES string of the molecule is O=C(O)CC1CS(=O)(=O)CCN1C(=O)c1cncc(Br)c1. The number of nitrogens with zero attached hydrogens (tertiary/aromatic N) is 2. The van der Waals surface area contributed by atoms with Crippen molar-refractivity contribution in [3.05, 3.63) is 28.5 Å². The Hall–Kier alpha value is -1.48. The second kappa shape index (κ2) is 6.10. The minimum absolute atomic E-state index is 0.00831. The van der Waals surface area contributed by atoms with Gasteiger partial charge in [-0.1, -0.05) is 0 Å². The Morgan fingerprint density at radius 1 is 1.43 bits per heavy atom. The van der Waals surface area contributed by atoms with Crippen LogP contribution < -0.4 is 0 Å². The van der Waals surface area contributed by atoms with Crippen LogP contribution in [0.5, 0.6) is 0 Å². The lowest BCUT2D eigenvalue weighted by atomic mass is 10.1. The highest BCUT2D eigenvalue weighted by Gasteiger charge is 2.35. The number of pyridine rings is 1. The fourth-order valence-electron chi connectivity index (χ4n) is 2.22. The molecule has 7 nitrogen and oxygen atoms in total. The maximum atomic E-state index is 12.4. The number of amides is 1. The number of hydrogen-bond acceptors (Lipinski definition) is 5. The van der Waals surface area contributed by atoms with E-state index in [1.54, 1.807) is 6.07 Å². The average molecular weight is 377 g/mol. The van der Waals surface area contributed by atoms with Crippen LogP contribution in [0.1, 0.15) is 16.8 Å². The maximum absolute atomic E-state index is 12.4. The smallest absolute Gasteiger partial charge is 0.305 e. The van der Waals surface area contributed by atoms with Crippen LogP contribution in [0.4, 0.5) is 0 Å². The quantitative estimate of drug-likeness (QED) is 0.825. The second-order valence-electron chi connectivity index (χ2n) is 4.76. The molecule has 1 saturated heterocycles. The number of sulfone groups is 1. The molecular formula is C12H13BrN2O5S. The zero-order chi connectivity index (χ0) is 15.6. The minimum Gasteiger partial charge on any atom is -0.481 e. The second-order valence-corrected chi connectivity index (χ2v) is 7.90. The van der Waals surface area contributed by atoms with E-state index in [2.05, 4.69) is 20.9 Å². The molecule has 1 unspecified atom stereocenters. The first-order chi connectivity index (χ1) is 9.78. The summed E-state index contributed by atoms with van der Waals surface area (Å²) in [6.07, 6.45) is 2.49. The first-order valence-electron chi connectivity index (χ1n) is 6.12. The van der Waals surface area contributed by atoms with Crippen LogP contribution in [-0.4, -0.2) is 59.4 Å². The maximum Gasteiger partial charge on any atom is 0.305 e. The van der Waals surface area contributed by atoms with Crippen LogP contribution in [0.15, 0.2) is 22.9 Å². The third-order valence-corrected chi connectivity index (χ3v) is 5.28. The summed E-state index contributed by atoms with van der Waals surface area (Å²) in [6, 6.07) is 0.712. The number of aromatic nitrogens is 1. The Kier molecular flexibility index (Phi) is 4.62. The van der Waals surface area contributed by atoms with Crippen molar-refractivity contribution in [3.8, 4) is 0 Å². The van der Waals surface area contributed by atoms with Crippen molar-refractivity contribution >= 4 is 37.6 Å². The summed E-state index contributed by atoms with van der Waals surface area (Å²) in [4.78, 5) is 28.5. The van der Waals surface area contributed by atoms with E-state index in [4.69, 9.17) is 5.11 Å². The Balaban J connectivity index is 2.27. The molecule has 2 rings (SSSR count). The van der Waals surface area contributed by atoms with E-state index in [0.29, 0.717) is 10.0 Å². The number of carboxylic acids is 1. The van der Waals surface area contributed by atoms with Crippen molar-refractivity contribution in [3.63, 3.8) is 0 Å². The molecule has 114 valence electrons.